The van der Waals surface area contributed by atoms with Crippen LogP contribution in [0.25, 0.3) is 0 Å². The zero-order valence-corrected chi connectivity index (χ0v) is 23.5. The van der Waals surface area contributed by atoms with Crippen molar-refractivity contribution in [1.82, 2.24) is 4.57 Å². The number of sulfone groups is 1. The van der Waals surface area contributed by atoms with E-state index in [0.29, 0.717) is 0 Å². The maximum atomic E-state index is 14.6. The van der Waals surface area contributed by atoms with Gasteiger partial charge in [-0.25, -0.2) is 8.42 Å². The Morgan fingerprint density at radius 3 is 1.23 bits per heavy atom. The van der Waals surface area contributed by atoms with Gasteiger partial charge in [0.1, 0.15) is 5.25 Å². The van der Waals surface area contributed by atoms with Crippen molar-refractivity contribution in [1.29, 1.82) is 0 Å². The highest BCUT2D eigenvalue weighted by Gasteiger charge is 2.96. The molecule has 1 unspecified atom stereocenters. The predicted molar refractivity (Wildman–Crippen MR) is 108 cm³/mol. The molecule has 0 aliphatic heterocycles. The Kier molecular flexibility index (Phi) is 11.5. The molecule has 0 radical (unpaired) electrons. The molecule has 1 amide bonds. The van der Waals surface area contributed by atoms with Crippen molar-refractivity contribution in [3.05, 3.63) is 0 Å². The normalized spacial score (nSPS) is 16.3. The third-order valence-corrected chi connectivity index (χ3v) is 10.4. The van der Waals surface area contributed by atoms with Crippen LogP contribution in [-0.2, 0) is 27.9 Å². The Labute approximate surface area is 231 Å². The van der Waals surface area contributed by atoms with Gasteiger partial charge in [0.25, 0.3) is 0 Å². The van der Waals surface area contributed by atoms with E-state index in [2.05, 4.69) is 0 Å². The van der Waals surface area contributed by atoms with E-state index >= 15 is 0 Å². The number of amides is 1. The molecule has 0 spiro atoms. The van der Waals surface area contributed by atoms with Gasteiger partial charge < -0.3 is 17.8 Å². The number of carbonyl (C=O) groups is 1. The summed E-state index contributed by atoms with van der Waals surface area (Å²) < 4.78 is 269. The first-order valence-electron chi connectivity index (χ1n) is 10.6. The Morgan fingerprint density at radius 1 is 0.651 bits per heavy atom. The molecule has 1 atom stereocenters. The third-order valence-electron chi connectivity index (χ3n) is 5.68. The molecule has 0 N–H and O–H groups in total. The minimum Gasteiger partial charge on any atom is -0.360 e. The van der Waals surface area contributed by atoms with E-state index in [1.807, 2.05) is 0 Å². The molecule has 0 bridgehead atoms. The molecule has 0 saturated heterocycles. The van der Waals surface area contributed by atoms with Crippen LogP contribution < -0.4 is 0 Å². The van der Waals surface area contributed by atoms with E-state index < -0.39 is 83.5 Å². The fraction of sp³-hybridized carbons (Fsp3) is 0.941. The van der Waals surface area contributed by atoms with Crippen molar-refractivity contribution in [3.63, 3.8) is 0 Å². The lowest BCUT2D eigenvalue weighted by Crippen LogP contribution is -2.75. The molecule has 0 aromatic heterocycles. The Hall–Kier alpha value is -1.67. The summed E-state index contributed by atoms with van der Waals surface area (Å²) in [5.41, 5.74) is 0. The fourth-order valence-electron chi connectivity index (χ4n) is 3.09. The van der Waals surface area contributed by atoms with E-state index in [-0.39, 0.29) is 17.9 Å². The maximum absolute atomic E-state index is 14.6. The summed E-state index contributed by atoms with van der Waals surface area (Å²) in [5.74, 6) is -54.7. The monoisotopic (exact) mass is 717 g/mol. The van der Waals surface area contributed by atoms with Crippen molar-refractivity contribution in [2.75, 3.05) is 27.9 Å². The minimum atomic E-state index is -8.98. The van der Waals surface area contributed by atoms with Crippen LogP contribution in [0.4, 0.5) is 74.6 Å². The smallest absolute Gasteiger partial charge is 0.360 e. The number of nitrogens with zero attached hydrogens (tertiary/aromatic N) is 1. The number of carbonyl (C=O) groups excluding carboxylic acids is 1. The van der Waals surface area contributed by atoms with Gasteiger partial charge in [0.05, 0.1) is 0 Å². The molecule has 0 saturated carbocycles. The number of rotatable bonds is 15. The summed E-state index contributed by atoms with van der Waals surface area (Å²) in [7, 11) is -10.2. The highest BCUT2D eigenvalue weighted by Crippen LogP contribution is 2.64. The van der Waals surface area contributed by atoms with Gasteiger partial charge in [-0.3, -0.25) is 4.79 Å². The first kappa shape index (κ1) is 41.3. The van der Waals surface area contributed by atoms with Crippen LogP contribution in [0.2, 0.25) is 0 Å². The van der Waals surface area contributed by atoms with Crippen LogP contribution in [0.5, 0.6) is 0 Å². The Balaban J connectivity index is 7.19. The van der Waals surface area contributed by atoms with Gasteiger partial charge in [-0.1, -0.05) is 6.92 Å². The van der Waals surface area contributed by atoms with Gasteiger partial charge in [0.2, 0.25) is 15.7 Å². The van der Waals surface area contributed by atoms with Gasteiger partial charge >= 0.3 is 55.9 Å². The molecule has 43 heavy (non-hydrogen) atoms. The van der Waals surface area contributed by atoms with Gasteiger partial charge in [-0.05, 0) is 13.3 Å². The molecule has 7 nitrogen and oxygen atoms in total. The van der Waals surface area contributed by atoms with Crippen molar-refractivity contribution in [3.8, 4) is 0 Å². The SMILES string of the molecule is CCCN(C(=O)C(C)S(=O)(=O)C(F)(F)C(F)(F)C(F)(F)C(F)(F)C(F)(F)C(F)(F)C(F)(F)C(F)(F)F)[Si](OC)(OC)OC. The summed E-state index contributed by atoms with van der Waals surface area (Å²) in [6.45, 7) is 0.183. The first-order chi connectivity index (χ1) is 18.7. The van der Waals surface area contributed by atoms with Crippen molar-refractivity contribution < 1.29 is 101 Å². The molecule has 0 aliphatic carbocycles. The number of halogens is 17. The quantitative estimate of drug-likeness (QED) is 0.168. The standard InChI is InChI=1S/C17H20F17NO6SSi/c1-6-7-35(43(39-3,40-4)41-5)9(36)8(2)42(37,38)17(33,34)15(28,29)13(24,25)11(20,21)10(18,19)12(22,23)14(26,27)16(30,31)32/h8H,6-7H2,1-5H3. The molecule has 0 fully saturated rings. The third kappa shape index (κ3) is 5.66. The lowest BCUT2D eigenvalue weighted by molar-refractivity contribution is -0.458. The average molecular weight is 717 g/mol. The second-order valence-electron chi connectivity index (χ2n) is 8.27. The maximum Gasteiger partial charge on any atom is 0.635 e. The molecular weight excluding hydrogens is 697 g/mol. The first-order valence-corrected chi connectivity index (χ1v) is 13.8. The largest absolute Gasteiger partial charge is 0.635 e. The molecule has 258 valence electrons. The lowest BCUT2D eigenvalue weighted by Gasteiger charge is -2.43. The highest BCUT2D eigenvalue weighted by atomic mass is 32.2. The lowest BCUT2D eigenvalue weighted by atomic mass is 9.91. The highest BCUT2D eigenvalue weighted by molar-refractivity contribution is 7.93. The van der Waals surface area contributed by atoms with Crippen LogP contribution >= 0.6 is 0 Å². The molecule has 0 rings (SSSR count). The molecule has 0 aromatic rings. The topological polar surface area (TPSA) is 82.1 Å². The summed E-state index contributed by atoms with van der Waals surface area (Å²) in [5, 5.41) is -11.6. The van der Waals surface area contributed by atoms with E-state index in [0.717, 1.165) is 21.3 Å². The van der Waals surface area contributed by atoms with Crippen molar-refractivity contribution in [2.45, 2.75) is 72.5 Å². The second-order valence-corrected chi connectivity index (χ2v) is 13.4. The van der Waals surface area contributed by atoms with E-state index in [1.54, 1.807) is 0 Å². The minimum absolute atomic E-state index is 0.0596. The fourth-order valence-corrected chi connectivity index (χ4v) is 6.63. The van der Waals surface area contributed by atoms with Crippen molar-refractivity contribution in [2.24, 2.45) is 0 Å². The summed E-state index contributed by atoms with van der Waals surface area (Å²) in [6, 6.07) is 0. The summed E-state index contributed by atoms with van der Waals surface area (Å²) in [6.07, 6.45) is -8.20. The zero-order valence-electron chi connectivity index (χ0n) is 21.7. The average Bonchev–Trinajstić information content (AvgIpc) is 2.86. The van der Waals surface area contributed by atoms with Gasteiger partial charge in [-0.15, -0.1) is 0 Å². The Bertz CT molecular complexity index is 1100. The summed E-state index contributed by atoms with van der Waals surface area (Å²) in [4.78, 5) is 12.7. The molecule has 26 heteroatoms. The molecular formula is C17H20F17NO6SSi. The van der Waals surface area contributed by atoms with Crippen LogP contribution in [0.3, 0.4) is 0 Å². The van der Waals surface area contributed by atoms with Crippen LogP contribution in [0.15, 0.2) is 0 Å². The molecule has 0 heterocycles. The predicted octanol–water partition coefficient (Wildman–Crippen LogP) is 5.37. The number of alkyl halides is 17. The van der Waals surface area contributed by atoms with Crippen LogP contribution in [-0.4, -0.2) is 108 Å². The van der Waals surface area contributed by atoms with Gasteiger partial charge in [-0.2, -0.15) is 74.6 Å². The van der Waals surface area contributed by atoms with E-state index in [4.69, 9.17) is 13.3 Å². The Morgan fingerprint density at radius 2 is 0.953 bits per heavy atom. The van der Waals surface area contributed by atoms with Gasteiger partial charge in [0.15, 0.2) is 0 Å². The second kappa shape index (κ2) is 11.9. The van der Waals surface area contributed by atoms with Crippen LogP contribution in [0, 0.1) is 0 Å². The van der Waals surface area contributed by atoms with Gasteiger partial charge in [0, 0.05) is 27.9 Å². The zero-order chi connectivity index (χ0) is 35.3. The van der Waals surface area contributed by atoms with E-state index in [1.165, 1.54) is 6.92 Å². The van der Waals surface area contributed by atoms with Crippen LogP contribution in [0.1, 0.15) is 20.3 Å². The summed E-state index contributed by atoms with van der Waals surface area (Å²) >= 11 is 0. The number of hydrogen-bond donors (Lipinski definition) is 0. The number of hydrogen-bond acceptors (Lipinski definition) is 6. The van der Waals surface area contributed by atoms with E-state index in [9.17, 15) is 87.8 Å². The van der Waals surface area contributed by atoms with Crippen molar-refractivity contribution >= 4 is 24.7 Å². The molecule has 0 aromatic carbocycles. The molecule has 0 aliphatic rings.